The number of carbonyl (C=O) groups is 1. The maximum atomic E-state index is 14.1. The van der Waals surface area contributed by atoms with Crippen molar-refractivity contribution in [2.24, 2.45) is 0 Å². The molecule has 1 aliphatic heterocycles. The quantitative estimate of drug-likeness (QED) is 0.853. The van der Waals surface area contributed by atoms with Gasteiger partial charge in [-0.3, -0.25) is 4.79 Å². The Hall–Kier alpha value is -2.08. The predicted molar refractivity (Wildman–Crippen MR) is 85.6 cm³/mol. The molecule has 0 bridgehead atoms. The van der Waals surface area contributed by atoms with Gasteiger partial charge in [-0.25, -0.2) is 8.78 Å². The molecule has 0 unspecified atom stereocenters. The van der Waals surface area contributed by atoms with E-state index < -0.39 is 17.0 Å². The fourth-order valence-corrected chi connectivity index (χ4v) is 3.89. The molecule has 0 spiro atoms. The van der Waals surface area contributed by atoms with Crippen molar-refractivity contribution in [1.29, 1.82) is 0 Å². The molecule has 0 N–H and O–H groups in total. The first-order valence-corrected chi connectivity index (χ1v) is 8.17. The van der Waals surface area contributed by atoms with Crippen molar-refractivity contribution in [3.05, 3.63) is 65.2 Å². The summed E-state index contributed by atoms with van der Waals surface area (Å²) in [6.45, 7) is 0.503. The van der Waals surface area contributed by atoms with Crippen LogP contribution in [0.15, 0.2) is 42.5 Å². The van der Waals surface area contributed by atoms with E-state index in [-0.39, 0.29) is 5.91 Å². The number of nitrogens with zero attached hydrogens (tertiary/aromatic N) is 1. The topological polar surface area (TPSA) is 29.5 Å². The molecule has 120 valence electrons. The summed E-state index contributed by atoms with van der Waals surface area (Å²) in [5.74, 6) is -0.310. The van der Waals surface area contributed by atoms with E-state index in [2.05, 4.69) is 0 Å². The molecule has 0 radical (unpaired) electrons. The van der Waals surface area contributed by atoms with Gasteiger partial charge in [0.2, 0.25) is 0 Å². The first-order valence-electron chi connectivity index (χ1n) is 7.12. The molecular formula is C17H15F2NO2S. The first-order chi connectivity index (χ1) is 11.1. The summed E-state index contributed by atoms with van der Waals surface area (Å²) < 4.78 is 32.4. The minimum Gasteiger partial charge on any atom is -0.496 e. The van der Waals surface area contributed by atoms with E-state index in [9.17, 15) is 13.6 Å². The van der Waals surface area contributed by atoms with Gasteiger partial charge in [-0.05, 0) is 18.2 Å². The molecule has 3 nitrogen and oxygen atoms in total. The second-order valence-corrected chi connectivity index (χ2v) is 6.28. The third kappa shape index (κ3) is 3.03. The van der Waals surface area contributed by atoms with E-state index in [1.165, 1.54) is 31.0 Å². The smallest absolute Gasteiger partial charge is 0.258 e. The normalized spacial score (nSPS) is 17.3. The van der Waals surface area contributed by atoms with Crippen LogP contribution in [0, 0.1) is 11.6 Å². The predicted octanol–water partition coefficient (Wildman–Crippen LogP) is 3.86. The second kappa shape index (κ2) is 6.58. The Balaban J connectivity index is 1.94. The number of carbonyl (C=O) groups excluding carboxylic acids is 1. The average Bonchev–Trinajstić information content (AvgIpc) is 3.03. The molecule has 1 amide bonds. The van der Waals surface area contributed by atoms with Gasteiger partial charge in [-0.2, -0.15) is 0 Å². The number of amides is 1. The maximum Gasteiger partial charge on any atom is 0.258 e. The molecule has 6 heteroatoms. The van der Waals surface area contributed by atoms with E-state index in [0.717, 1.165) is 6.07 Å². The highest BCUT2D eigenvalue weighted by molar-refractivity contribution is 7.99. The molecule has 1 saturated heterocycles. The van der Waals surface area contributed by atoms with Gasteiger partial charge in [0.15, 0.2) is 0 Å². The molecule has 2 aromatic carbocycles. The highest BCUT2D eigenvalue weighted by Gasteiger charge is 2.34. The number of halogens is 2. The number of ether oxygens (including phenoxy) is 1. The largest absolute Gasteiger partial charge is 0.496 e. The highest BCUT2D eigenvalue weighted by atomic mass is 32.2. The SMILES string of the molecule is COc1ccccc1C(=O)N1CCS[C@H]1c1ccc(F)cc1F. The minimum absolute atomic E-state index is 0.221. The number of hydrogen-bond acceptors (Lipinski definition) is 3. The Bertz CT molecular complexity index is 738. The summed E-state index contributed by atoms with van der Waals surface area (Å²) >= 11 is 1.46. The summed E-state index contributed by atoms with van der Waals surface area (Å²) in [5.41, 5.74) is 0.752. The molecule has 0 aromatic heterocycles. The number of benzene rings is 2. The molecule has 1 aliphatic rings. The fourth-order valence-electron chi connectivity index (χ4n) is 2.61. The zero-order chi connectivity index (χ0) is 16.4. The molecular weight excluding hydrogens is 320 g/mol. The van der Waals surface area contributed by atoms with E-state index in [0.29, 0.717) is 29.2 Å². The van der Waals surface area contributed by atoms with E-state index in [4.69, 9.17) is 4.74 Å². The Morgan fingerprint density at radius 2 is 2.04 bits per heavy atom. The summed E-state index contributed by atoms with van der Waals surface area (Å²) in [7, 11) is 1.50. The number of hydrogen-bond donors (Lipinski definition) is 0. The molecule has 1 heterocycles. The zero-order valence-corrected chi connectivity index (χ0v) is 13.3. The molecule has 3 rings (SSSR count). The van der Waals surface area contributed by atoms with Gasteiger partial charge in [0, 0.05) is 23.9 Å². The lowest BCUT2D eigenvalue weighted by Gasteiger charge is -2.25. The summed E-state index contributed by atoms with van der Waals surface area (Å²) in [5, 5.41) is -0.465. The van der Waals surface area contributed by atoms with Crippen molar-refractivity contribution in [1.82, 2.24) is 4.90 Å². The van der Waals surface area contributed by atoms with Gasteiger partial charge < -0.3 is 9.64 Å². The van der Waals surface area contributed by atoms with Crippen LogP contribution in [-0.2, 0) is 0 Å². The van der Waals surface area contributed by atoms with Crippen LogP contribution in [-0.4, -0.2) is 30.2 Å². The molecule has 0 saturated carbocycles. The highest BCUT2D eigenvalue weighted by Crippen LogP contribution is 2.40. The van der Waals surface area contributed by atoms with Gasteiger partial charge in [0.25, 0.3) is 5.91 Å². The number of rotatable bonds is 3. The minimum atomic E-state index is -0.637. The van der Waals surface area contributed by atoms with E-state index >= 15 is 0 Å². The van der Waals surface area contributed by atoms with Gasteiger partial charge >= 0.3 is 0 Å². The van der Waals surface area contributed by atoms with Gasteiger partial charge in [0.05, 0.1) is 12.7 Å². The third-order valence-corrected chi connectivity index (χ3v) is 4.96. The van der Waals surface area contributed by atoms with Gasteiger partial charge in [-0.15, -0.1) is 11.8 Å². The Morgan fingerprint density at radius 1 is 1.26 bits per heavy atom. The van der Waals surface area contributed by atoms with Crippen LogP contribution in [0.1, 0.15) is 21.3 Å². The Labute approximate surface area is 137 Å². The van der Waals surface area contributed by atoms with Crippen LogP contribution in [0.25, 0.3) is 0 Å². The fraction of sp³-hybridized carbons (Fsp3) is 0.235. The van der Waals surface area contributed by atoms with Crippen molar-refractivity contribution in [3.63, 3.8) is 0 Å². The van der Waals surface area contributed by atoms with Gasteiger partial charge in [0.1, 0.15) is 22.8 Å². The lowest BCUT2D eigenvalue weighted by atomic mass is 10.1. The number of methoxy groups -OCH3 is 1. The van der Waals surface area contributed by atoms with E-state index in [1.807, 2.05) is 0 Å². The lowest BCUT2D eigenvalue weighted by molar-refractivity contribution is 0.0755. The molecule has 2 aromatic rings. The number of thioether (sulfide) groups is 1. The molecule has 1 fully saturated rings. The standard InChI is InChI=1S/C17H15F2NO2S/c1-22-15-5-3-2-4-13(15)16(21)20-8-9-23-17(20)12-7-6-11(18)10-14(12)19/h2-7,10,17H,8-9H2,1H3/t17-/m0/s1. The van der Waals surface area contributed by atoms with Crippen molar-refractivity contribution < 1.29 is 18.3 Å². The van der Waals surface area contributed by atoms with Gasteiger partial charge in [-0.1, -0.05) is 18.2 Å². The lowest BCUT2D eigenvalue weighted by Crippen LogP contribution is -2.31. The van der Waals surface area contributed by atoms with Crippen LogP contribution in [0.4, 0.5) is 8.78 Å². The zero-order valence-electron chi connectivity index (χ0n) is 12.5. The Morgan fingerprint density at radius 3 is 2.78 bits per heavy atom. The van der Waals surface area contributed by atoms with Crippen LogP contribution in [0.3, 0.4) is 0 Å². The van der Waals surface area contributed by atoms with Crippen molar-refractivity contribution in [3.8, 4) is 5.75 Å². The van der Waals surface area contributed by atoms with E-state index in [1.54, 1.807) is 29.2 Å². The second-order valence-electron chi connectivity index (χ2n) is 5.09. The van der Waals surface area contributed by atoms with Crippen LogP contribution >= 0.6 is 11.8 Å². The third-order valence-electron chi connectivity index (χ3n) is 3.72. The Kier molecular flexibility index (Phi) is 4.52. The summed E-state index contributed by atoms with van der Waals surface area (Å²) in [4.78, 5) is 14.4. The van der Waals surface area contributed by atoms with Crippen molar-refractivity contribution in [2.45, 2.75) is 5.37 Å². The first kappa shape index (κ1) is 15.8. The molecule has 0 aliphatic carbocycles. The van der Waals surface area contributed by atoms with Crippen molar-refractivity contribution >= 4 is 17.7 Å². The number of para-hydroxylation sites is 1. The van der Waals surface area contributed by atoms with Crippen LogP contribution < -0.4 is 4.74 Å². The summed E-state index contributed by atoms with van der Waals surface area (Å²) in [6, 6.07) is 10.4. The maximum absolute atomic E-state index is 14.1. The van der Waals surface area contributed by atoms with Crippen LogP contribution in [0.2, 0.25) is 0 Å². The van der Waals surface area contributed by atoms with Crippen molar-refractivity contribution in [2.75, 3.05) is 19.4 Å². The summed E-state index contributed by atoms with van der Waals surface area (Å²) in [6.07, 6.45) is 0. The monoisotopic (exact) mass is 335 g/mol. The molecule has 1 atom stereocenters. The molecule has 23 heavy (non-hydrogen) atoms. The van der Waals surface area contributed by atoms with Crippen LogP contribution in [0.5, 0.6) is 5.75 Å². The average molecular weight is 335 g/mol.